The Morgan fingerprint density at radius 3 is 2.18 bits per heavy atom. The third kappa shape index (κ3) is 7.58. The zero-order valence-electron chi connectivity index (χ0n) is 11.7. The van der Waals surface area contributed by atoms with Gasteiger partial charge in [-0.1, -0.05) is 13.8 Å². The number of nitrogens with two attached hydrogens (primary N) is 1. The van der Waals surface area contributed by atoms with Gasteiger partial charge in [-0.2, -0.15) is 0 Å². The van der Waals surface area contributed by atoms with Gasteiger partial charge in [0.2, 0.25) is 5.91 Å². The number of rotatable bonds is 6. The summed E-state index contributed by atoms with van der Waals surface area (Å²) in [5, 5.41) is 2.91. The van der Waals surface area contributed by atoms with Crippen molar-refractivity contribution in [3.05, 3.63) is 0 Å². The number of nitrogens with one attached hydrogen (secondary N) is 1. The molecule has 2 atom stereocenters. The molecule has 0 aliphatic heterocycles. The molecule has 0 radical (unpaired) electrons. The molecule has 0 bridgehead atoms. The fourth-order valence-electron chi connectivity index (χ4n) is 1.51. The van der Waals surface area contributed by atoms with Crippen molar-refractivity contribution in [2.24, 2.45) is 11.7 Å². The Kier molecular flexibility index (Phi) is 8.84. The lowest BCUT2D eigenvalue weighted by molar-refractivity contribution is -0.124. The number of hydrogen-bond donors (Lipinski definition) is 2. The highest BCUT2D eigenvalue weighted by molar-refractivity contribution is 5.85. The highest BCUT2D eigenvalue weighted by atomic mass is 35.5. The summed E-state index contributed by atoms with van der Waals surface area (Å²) in [5.41, 5.74) is 5.53. The summed E-state index contributed by atoms with van der Waals surface area (Å²) in [6.45, 7) is 9.84. The molecule has 0 fully saturated rings. The van der Waals surface area contributed by atoms with Gasteiger partial charge < -0.3 is 15.8 Å². The minimum Gasteiger partial charge on any atom is -0.379 e. The normalized spacial score (nSPS) is 15.1. The van der Waals surface area contributed by atoms with E-state index in [1.807, 2.05) is 34.6 Å². The molecule has 0 aliphatic carbocycles. The molecule has 0 rings (SSSR count). The van der Waals surface area contributed by atoms with Crippen molar-refractivity contribution in [1.82, 2.24) is 5.32 Å². The Morgan fingerprint density at radius 1 is 1.35 bits per heavy atom. The van der Waals surface area contributed by atoms with Crippen LogP contribution in [0.1, 0.15) is 41.0 Å². The number of ether oxygens (including phenoxy) is 1. The first kappa shape index (κ1) is 19.0. The van der Waals surface area contributed by atoms with Gasteiger partial charge in [0, 0.05) is 13.2 Å². The SMILES string of the molecule is COC(C)(C)CC(C)NC(=O)[C@@H](N)C(C)C.Cl. The van der Waals surface area contributed by atoms with Crippen molar-refractivity contribution in [2.75, 3.05) is 7.11 Å². The number of amides is 1. The predicted molar refractivity (Wildman–Crippen MR) is 73.4 cm³/mol. The van der Waals surface area contributed by atoms with Crippen molar-refractivity contribution in [1.29, 1.82) is 0 Å². The Morgan fingerprint density at radius 2 is 1.82 bits per heavy atom. The molecule has 17 heavy (non-hydrogen) atoms. The van der Waals surface area contributed by atoms with E-state index in [2.05, 4.69) is 5.32 Å². The lowest BCUT2D eigenvalue weighted by Crippen LogP contribution is -2.48. The van der Waals surface area contributed by atoms with E-state index in [0.717, 1.165) is 6.42 Å². The highest BCUT2D eigenvalue weighted by Crippen LogP contribution is 2.15. The summed E-state index contributed by atoms with van der Waals surface area (Å²) >= 11 is 0. The van der Waals surface area contributed by atoms with Crippen LogP contribution in [0.15, 0.2) is 0 Å². The Labute approximate surface area is 111 Å². The molecule has 0 aliphatic rings. The first-order valence-corrected chi connectivity index (χ1v) is 5.80. The van der Waals surface area contributed by atoms with Crippen LogP contribution in [0.25, 0.3) is 0 Å². The second kappa shape index (κ2) is 7.90. The predicted octanol–water partition coefficient (Wildman–Crippen LogP) is 1.71. The van der Waals surface area contributed by atoms with Crippen LogP contribution in [0.4, 0.5) is 0 Å². The van der Waals surface area contributed by atoms with E-state index in [9.17, 15) is 4.79 Å². The maximum atomic E-state index is 11.7. The van der Waals surface area contributed by atoms with E-state index in [1.165, 1.54) is 0 Å². The molecule has 0 aromatic heterocycles. The fraction of sp³-hybridized carbons (Fsp3) is 0.917. The van der Waals surface area contributed by atoms with Crippen molar-refractivity contribution in [3.63, 3.8) is 0 Å². The molecular formula is C12H27ClN2O2. The lowest BCUT2D eigenvalue weighted by atomic mass is 9.98. The van der Waals surface area contributed by atoms with Crippen molar-refractivity contribution < 1.29 is 9.53 Å². The van der Waals surface area contributed by atoms with Gasteiger partial charge in [0.15, 0.2) is 0 Å². The van der Waals surface area contributed by atoms with E-state index in [1.54, 1.807) is 7.11 Å². The minimum absolute atomic E-state index is 0. The monoisotopic (exact) mass is 266 g/mol. The minimum atomic E-state index is -0.437. The van der Waals surface area contributed by atoms with Gasteiger partial charge in [0.1, 0.15) is 0 Å². The van der Waals surface area contributed by atoms with E-state index < -0.39 is 6.04 Å². The summed E-state index contributed by atoms with van der Waals surface area (Å²) in [4.78, 5) is 11.7. The topological polar surface area (TPSA) is 64.3 Å². The maximum Gasteiger partial charge on any atom is 0.237 e. The van der Waals surface area contributed by atoms with Gasteiger partial charge in [-0.05, 0) is 33.1 Å². The van der Waals surface area contributed by atoms with Crippen molar-refractivity contribution >= 4 is 18.3 Å². The molecule has 0 aromatic rings. The van der Waals surface area contributed by atoms with Gasteiger partial charge in [0.05, 0.1) is 11.6 Å². The van der Waals surface area contributed by atoms with E-state index in [0.29, 0.717) is 0 Å². The fourth-order valence-corrected chi connectivity index (χ4v) is 1.51. The average Bonchev–Trinajstić information content (AvgIpc) is 2.15. The number of halogens is 1. The van der Waals surface area contributed by atoms with Crippen molar-refractivity contribution in [2.45, 2.75) is 58.7 Å². The molecule has 4 nitrogen and oxygen atoms in total. The van der Waals surface area contributed by atoms with Crippen LogP contribution >= 0.6 is 12.4 Å². The quantitative estimate of drug-likeness (QED) is 0.769. The molecule has 0 saturated carbocycles. The van der Waals surface area contributed by atoms with Crippen LogP contribution < -0.4 is 11.1 Å². The van der Waals surface area contributed by atoms with Crippen LogP contribution in [0.3, 0.4) is 0 Å². The zero-order valence-corrected chi connectivity index (χ0v) is 12.6. The number of methoxy groups -OCH3 is 1. The van der Waals surface area contributed by atoms with Crippen LogP contribution in [0.2, 0.25) is 0 Å². The molecule has 3 N–H and O–H groups in total. The second-order valence-corrected chi connectivity index (χ2v) is 5.35. The third-order valence-corrected chi connectivity index (χ3v) is 2.76. The smallest absolute Gasteiger partial charge is 0.237 e. The first-order chi connectivity index (χ1) is 7.19. The average molecular weight is 267 g/mol. The van der Waals surface area contributed by atoms with E-state index >= 15 is 0 Å². The molecule has 1 unspecified atom stereocenters. The van der Waals surface area contributed by atoms with Crippen LogP contribution in [-0.4, -0.2) is 30.7 Å². The molecule has 0 aromatic carbocycles. The molecule has 1 amide bonds. The van der Waals surface area contributed by atoms with E-state index in [-0.39, 0.29) is 35.9 Å². The molecule has 5 heteroatoms. The summed E-state index contributed by atoms with van der Waals surface area (Å²) in [6.07, 6.45) is 0.764. The molecule has 0 spiro atoms. The van der Waals surface area contributed by atoms with Gasteiger partial charge in [-0.3, -0.25) is 4.79 Å². The largest absolute Gasteiger partial charge is 0.379 e. The zero-order chi connectivity index (χ0) is 12.9. The molecule has 0 saturated heterocycles. The number of carbonyl (C=O) groups is 1. The summed E-state index contributed by atoms with van der Waals surface area (Å²) in [6, 6.07) is -0.375. The summed E-state index contributed by atoms with van der Waals surface area (Å²) in [5.74, 6) is 0.0667. The second-order valence-electron chi connectivity index (χ2n) is 5.35. The van der Waals surface area contributed by atoms with Gasteiger partial charge >= 0.3 is 0 Å². The highest BCUT2D eigenvalue weighted by Gasteiger charge is 2.23. The Hall–Kier alpha value is -0.320. The maximum absolute atomic E-state index is 11.7. The Bertz CT molecular complexity index is 233. The number of carbonyl (C=O) groups excluding carboxylic acids is 1. The van der Waals surface area contributed by atoms with Crippen LogP contribution in [-0.2, 0) is 9.53 Å². The summed E-state index contributed by atoms with van der Waals surface area (Å²) in [7, 11) is 1.67. The standard InChI is InChI=1S/C12H26N2O2.ClH/c1-8(2)10(13)11(15)14-9(3)7-12(4,5)16-6;/h8-10H,7,13H2,1-6H3,(H,14,15);1H/t9?,10-;/m0./s1. The Balaban J connectivity index is 0. The first-order valence-electron chi connectivity index (χ1n) is 5.80. The van der Waals surface area contributed by atoms with Gasteiger partial charge in [0.25, 0.3) is 0 Å². The van der Waals surface area contributed by atoms with Crippen LogP contribution in [0, 0.1) is 5.92 Å². The molecular weight excluding hydrogens is 240 g/mol. The van der Waals surface area contributed by atoms with Crippen LogP contribution in [0.5, 0.6) is 0 Å². The molecule has 104 valence electrons. The molecule has 0 heterocycles. The van der Waals surface area contributed by atoms with E-state index in [4.69, 9.17) is 10.5 Å². The summed E-state index contributed by atoms with van der Waals surface area (Å²) < 4.78 is 5.32. The third-order valence-electron chi connectivity index (χ3n) is 2.76. The van der Waals surface area contributed by atoms with Gasteiger partial charge in [-0.15, -0.1) is 12.4 Å². The van der Waals surface area contributed by atoms with Gasteiger partial charge in [-0.25, -0.2) is 0 Å². The lowest BCUT2D eigenvalue weighted by Gasteiger charge is -2.28. The number of hydrogen-bond acceptors (Lipinski definition) is 3. The van der Waals surface area contributed by atoms with Crippen molar-refractivity contribution in [3.8, 4) is 0 Å².